The zero-order valence-corrected chi connectivity index (χ0v) is 11.6. The molecule has 5 nitrogen and oxygen atoms in total. The van der Waals surface area contributed by atoms with Crippen LogP contribution < -0.4 is 5.73 Å². The molecule has 1 aromatic rings. The number of aromatic nitrogens is 2. The molecule has 0 aromatic carbocycles. The first-order valence-electron chi connectivity index (χ1n) is 4.96. The zero-order valence-electron chi connectivity index (χ0n) is 9.60. The highest BCUT2D eigenvalue weighted by molar-refractivity contribution is 7.98. The first kappa shape index (κ1) is 13.3. The normalized spacial score (nSPS) is 11.8. The second kappa shape index (κ2) is 6.76. The van der Waals surface area contributed by atoms with Crippen LogP contribution in [0, 0.1) is 6.92 Å². The van der Waals surface area contributed by atoms with Crippen LogP contribution in [0.15, 0.2) is 11.3 Å². The number of guanidine groups is 1. The third kappa shape index (κ3) is 4.02. The monoisotopic (exact) mass is 259 g/mol. The van der Waals surface area contributed by atoms with Crippen molar-refractivity contribution in [2.24, 2.45) is 10.7 Å². The van der Waals surface area contributed by atoms with E-state index in [0.29, 0.717) is 5.96 Å². The Balaban J connectivity index is 2.20. The number of H-pyrrole nitrogens is 1. The molecule has 90 valence electrons. The molecule has 0 saturated carbocycles. The van der Waals surface area contributed by atoms with Crippen molar-refractivity contribution in [2.45, 2.75) is 12.7 Å². The number of hydrogen-bond acceptors (Lipinski definition) is 3. The first-order chi connectivity index (χ1) is 7.65. The van der Waals surface area contributed by atoms with E-state index in [1.807, 2.05) is 23.4 Å². The van der Waals surface area contributed by atoms with Gasteiger partial charge in [-0.25, -0.2) is 4.98 Å². The van der Waals surface area contributed by atoms with Crippen molar-refractivity contribution in [1.82, 2.24) is 14.6 Å². The lowest BCUT2D eigenvalue weighted by Gasteiger charge is -2.16. The minimum atomic E-state index is 0.543. The Morgan fingerprint density at radius 1 is 1.75 bits per heavy atom. The predicted octanol–water partition coefficient (Wildman–Crippen LogP) is 0.988. The lowest BCUT2D eigenvalue weighted by Crippen LogP contribution is -2.30. The molecule has 1 aromatic heterocycles. The fourth-order valence-corrected chi connectivity index (χ4v) is 2.49. The maximum atomic E-state index is 5.65. The molecular weight excluding hydrogens is 241 g/mol. The summed E-state index contributed by atoms with van der Waals surface area (Å²) >= 11 is 1.83. The van der Waals surface area contributed by atoms with E-state index >= 15 is 0 Å². The number of aliphatic imine (C=N–C) groups is 1. The highest BCUT2D eigenvalue weighted by atomic mass is 32.2. The van der Waals surface area contributed by atoms with Gasteiger partial charge in [0.2, 0.25) is 0 Å². The molecule has 0 saturated heterocycles. The van der Waals surface area contributed by atoms with Gasteiger partial charge in [0.05, 0.1) is 12.0 Å². The lowest BCUT2D eigenvalue weighted by molar-refractivity contribution is 0.710. The van der Waals surface area contributed by atoms with Crippen molar-refractivity contribution >= 4 is 27.1 Å². The van der Waals surface area contributed by atoms with Crippen molar-refractivity contribution < 1.29 is 0 Å². The molecule has 0 amide bonds. The smallest absolute Gasteiger partial charge is 0.193 e. The summed E-state index contributed by atoms with van der Waals surface area (Å²) in [5.41, 5.74) is 7.91. The highest BCUT2D eigenvalue weighted by Crippen LogP contribution is 2.13. The van der Waals surface area contributed by atoms with Gasteiger partial charge in [0, 0.05) is 30.8 Å². The quantitative estimate of drug-likeness (QED) is 0.358. The van der Waals surface area contributed by atoms with E-state index in [4.69, 9.17) is 5.73 Å². The summed E-state index contributed by atoms with van der Waals surface area (Å²) in [5.74, 6) is 2.46. The maximum Gasteiger partial charge on any atom is 0.193 e. The summed E-state index contributed by atoms with van der Waals surface area (Å²) in [7, 11) is 4.25. The Morgan fingerprint density at radius 2 is 2.50 bits per heavy atom. The summed E-state index contributed by atoms with van der Waals surface area (Å²) in [5, 5.41) is 0. The molecule has 1 unspecified atom stereocenters. The minimum absolute atomic E-state index is 0.543. The van der Waals surface area contributed by atoms with Crippen molar-refractivity contribution in [2.75, 3.05) is 19.3 Å². The van der Waals surface area contributed by atoms with Gasteiger partial charge in [-0.15, -0.1) is 0 Å². The predicted molar refractivity (Wildman–Crippen MR) is 73.4 cm³/mol. The Kier molecular flexibility index (Phi) is 5.63. The first-order valence-corrected chi connectivity index (χ1v) is 6.63. The van der Waals surface area contributed by atoms with Crippen LogP contribution in [-0.4, -0.2) is 39.9 Å². The van der Waals surface area contributed by atoms with Crippen molar-refractivity contribution in [1.29, 1.82) is 0 Å². The zero-order chi connectivity index (χ0) is 12.0. The largest absolute Gasteiger partial charge is 0.370 e. The Hall–Kier alpha value is -0.740. The van der Waals surface area contributed by atoms with Gasteiger partial charge in [0.25, 0.3) is 0 Å². The Labute approximate surface area is 103 Å². The molecule has 1 atom stereocenters. The van der Waals surface area contributed by atoms with Crippen LogP contribution >= 0.6 is 21.2 Å². The number of nitrogens with two attached hydrogens (primary N) is 1. The summed E-state index contributed by atoms with van der Waals surface area (Å²) in [6, 6.07) is 0. The summed E-state index contributed by atoms with van der Waals surface area (Å²) in [6.45, 7) is 2.90. The second-order valence-corrected chi connectivity index (χ2v) is 5.03. The molecular formula is C9H18N5PS. The number of hydrogen-bond donors (Lipinski definition) is 2. The lowest BCUT2D eigenvalue weighted by atomic mass is 10.4. The SMILES string of the molecule is CN=C(N)N(P)CCSCc1nc[nH]c1C. The Morgan fingerprint density at radius 3 is 3.06 bits per heavy atom. The number of imidazole rings is 1. The highest BCUT2D eigenvalue weighted by Gasteiger charge is 2.03. The second-order valence-electron chi connectivity index (χ2n) is 3.30. The molecule has 0 aliphatic rings. The van der Waals surface area contributed by atoms with E-state index in [9.17, 15) is 0 Å². The van der Waals surface area contributed by atoms with E-state index in [0.717, 1.165) is 29.4 Å². The van der Waals surface area contributed by atoms with Gasteiger partial charge < -0.3 is 15.4 Å². The number of nitrogens with one attached hydrogen (secondary N) is 1. The van der Waals surface area contributed by atoms with Crippen LogP contribution in [0.2, 0.25) is 0 Å². The van der Waals surface area contributed by atoms with Crippen LogP contribution in [0.5, 0.6) is 0 Å². The van der Waals surface area contributed by atoms with Crippen LogP contribution in [0.4, 0.5) is 0 Å². The summed E-state index contributed by atoms with van der Waals surface area (Å²) in [4.78, 5) is 11.2. The van der Waals surface area contributed by atoms with Gasteiger partial charge >= 0.3 is 0 Å². The van der Waals surface area contributed by atoms with Crippen LogP contribution in [0.25, 0.3) is 0 Å². The van der Waals surface area contributed by atoms with E-state index in [2.05, 4.69) is 24.4 Å². The minimum Gasteiger partial charge on any atom is -0.370 e. The van der Waals surface area contributed by atoms with Crippen molar-refractivity contribution in [3.63, 3.8) is 0 Å². The number of nitrogens with zero attached hydrogens (tertiary/aromatic N) is 3. The third-order valence-electron chi connectivity index (χ3n) is 2.17. The molecule has 1 heterocycles. The molecule has 0 bridgehead atoms. The molecule has 3 N–H and O–H groups in total. The van der Waals surface area contributed by atoms with Crippen molar-refractivity contribution in [3.05, 3.63) is 17.7 Å². The van der Waals surface area contributed by atoms with Gasteiger partial charge in [0.15, 0.2) is 5.96 Å². The average molecular weight is 259 g/mol. The van der Waals surface area contributed by atoms with Crippen LogP contribution in [0.1, 0.15) is 11.4 Å². The van der Waals surface area contributed by atoms with E-state index in [1.165, 1.54) is 0 Å². The number of aryl methyl sites for hydroxylation is 1. The van der Waals surface area contributed by atoms with Crippen LogP contribution in [0.3, 0.4) is 0 Å². The number of aromatic amines is 1. The van der Waals surface area contributed by atoms with Gasteiger partial charge in [-0.3, -0.25) is 4.99 Å². The number of rotatable bonds is 5. The van der Waals surface area contributed by atoms with Gasteiger partial charge in [0.1, 0.15) is 0 Å². The average Bonchev–Trinajstić information content (AvgIpc) is 2.69. The summed E-state index contributed by atoms with van der Waals surface area (Å²) < 4.78 is 1.87. The van der Waals surface area contributed by atoms with Gasteiger partial charge in [-0.05, 0) is 16.3 Å². The van der Waals surface area contributed by atoms with Crippen LogP contribution in [-0.2, 0) is 5.75 Å². The number of thioether (sulfide) groups is 1. The Bertz CT molecular complexity index is 351. The fraction of sp³-hybridized carbons (Fsp3) is 0.556. The van der Waals surface area contributed by atoms with Gasteiger partial charge in [-0.1, -0.05) is 0 Å². The molecule has 1 rings (SSSR count). The summed E-state index contributed by atoms with van der Waals surface area (Å²) in [6.07, 6.45) is 1.73. The third-order valence-corrected chi connectivity index (χ3v) is 3.64. The van der Waals surface area contributed by atoms with E-state index < -0.39 is 0 Å². The van der Waals surface area contributed by atoms with Gasteiger partial charge in [-0.2, -0.15) is 11.8 Å². The molecule has 16 heavy (non-hydrogen) atoms. The van der Waals surface area contributed by atoms with E-state index in [1.54, 1.807) is 13.4 Å². The standard InChI is InChI=1S/C9H18N5PS/c1-7-8(13-6-12-7)5-16-4-3-14(15)9(10)11-2/h6H,3-5,15H2,1-2H3,(H2,10,11)(H,12,13). The maximum absolute atomic E-state index is 5.65. The molecule has 0 radical (unpaired) electrons. The molecule has 0 aliphatic carbocycles. The van der Waals surface area contributed by atoms with E-state index in [-0.39, 0.29) is 0 Å². The molecule has 0 aliphatic heterocycles. The fourth-order valence-electron chi connectivity index (χ4n) is 1.11. The topological polar surface area (TPSA) is 70.3 Å². The van der Waals surface area contributed by atoms with Crippen molar-refractivity contribution in [3.8, 4) is 0 Å². The molecule has 0 spiro atoms. The molecule has 7 heteroatoms. The molecule has 0 fully saturated rings.